The van der Waals surface area contributed by atoms with E-state index in [4.69, 9.17) is 16.3 Å². The molecule has 17 heavy (non-hydrogen) atoms. The number of nitrogens with zero attached hydrogens (tertiary/aromatic N) is 2. The molecule has 0 aliphatic rings. The maximum atomic E-state index is 12.9. The van der Waals surface area contributed by atoms with Crippen LogP contribution in [0.1, 0.15) is 0 Å². The zero-order valence-electron chi connectivity index (χ0n) is 8.85. The van der Waals surface area contributed by atoms with Gasteiger partial charge in [0.1, 0.15) is 21.7 Å². The van der Waals surface area contributed by atoms with Crippen molar-refractivity contribution in [3.63, 3.8) is 0 Å². The highest BCUT2D eigenvalue weighted by Crippen LogP contribution is 2.23. The fourth-order valence-electron chi connectivity index (χ4n) is 1.16. The average Bonchev–Trinajstić information content (AvgIpc) is 2.28. The highest BCUT2D eigenvalue weighted by atomic mass is 35.5. The van der Waals surface area contributed by atoms with Gasteiger partial charge in [0.2, 0.25) is 0 Å². The van der Waals surface area contributed by atoms with Crippen LogP contribution in [0.3, 0.4) is 0 Å². The molecule has 2 rings (SSSR count). The number of aromatic nitrogens is 2. The topological polar surface area (TPSA) is 35.0 Å². The van der Waals surface area contributed by atoms with Crippen molar-refractivity contribution in [1.82, 2.24) is 9.97 Å². The summed E-state index contributed by atoms with van der Waals surface area (Å²) in [6.45, 7) is 0. The van der Waals surface area contributed by atoms with Crippen LogP contribution in [0.5, 0.6) is 11.8 Å². The number of halogens is 2. The Balaban J connectivity index is 2.26. The van der Waals surface area contributed by atoms with Gasteiger partial charge < -0.3 is 4.74 Å². The van der Waals surface area contributed by atoms with E-state index in [-0.39, 0.29) is 17.0 Å². The third-order valence-electron chi connectivity index (χ3n) is 1.87. The molecule has 2 aromatic rings. The molecule has 0 aliphatic heterocycles. The maximum absolute atomic E-state index is 12.9. The molecule has 6 heteroatoms. The van der Waals surface area contributed by atoms with Crippen LogP contribution in [-0.4, -0.2) is 16.2 Å². The molecule has 0 bridgehead atoms. The molecule has 0 spiro atoms. The van der Waals surface area contributed by atoms with Crippen molar-refractivity contribution in [2.75, 3.05) is 6.26 Å². The molecule has 0 unspecified atom stereocenters. The fraction of sp³-hybridized carbons (Fsp3) is 0.0909. The lowest BCUT2D eigenvalue weighted by Gasteiger charge is -2.05. The summed E-state index contributed by atoms with van der Waals surface area (Å²) in [6, 6.07) is 7.48. The van der Waals surface area contributed by atoms with Crippen LogP contribution >= 0.6 is 23.4 Å². The number of rotatable bonds is 3. The lowest BCUT2D eigenvalue weighted by molar-refractivity contribution is 0.433. The molecule has 0 saturated heterocycles. The Morgan fingerprint density at radius 1 is 1.29 bits per heavy atom. The predicted octanol–water partition coefficient (Wildman–Crippen LogP) is 3.78. The lowest BCUT2D eigenvalue weighted by atomic mass is 10.3. The van der Waals surface area contributed by atoms with Crippen molar-refractivity contribution in [1.29, 1.82) is 0 Å². The smallest absolute Gasteiger partial charge is 0.324 e. The molecule has 0 atom stereocenters. The van der Waals surface area contributed by atoms with Crippen LogP contribution in [0.4, 0.5) is 4.39 Å². The van der Waals surface area contributed by atoms with Gasteiger partial charge in [0.25, 0.3) is 0 Å². The van der Waals surface area contributed by atoms with Crippen molar-refractivity contribution in [3.05, 3.63) is 41.3 Å². The van der Waals surface area contributed by atoms with Crippen LogP contribution in [0, 0.1) is 5.82 Å². The number of ether oxygens (including phenoxy) is 1. The van der Waals surface area contributed by atoms with Gasteiger partial charge in [-0.25, -0.2) is 4.39 Å². The van der Waals surface area contributed by atoms with E-state index in [1.54, 1.807) is 18.2 Å². The molecule has 0 saturated carbocycles. The van der Waals surface area contributed by atoms with Gasteiger partial charge >= 0.3 is 6.01 Å². The third kappa shape index (κ3) is 3.31. The number of benzene rings is 1. The second-order valence-electron chi connectivity index (χ2n) is 3.08. The highest BCUT2D eigenvalue weighted by molar-refractivity contribution is 7.98. The Morgan fingerprint density at radius 2 is 2.12 bits per heavy atom. The molecular formula is C11H8ClFN2OS. The molecule has 0 fully saturated rings. The standard InChI is InChI=1S/C11H8ClFN2OS/c1-17-10-6-9(12)14-11(15-10)16-8-4-2-3-7(13)5-8/h2-6H,1H3. The van der Waals surface area contributed by atoms with Crippen LogP contribution in [-0.2, 0) is 0 Å². The molecule has 1 aromatic carbocycles. The first kappa shape index (κ1) is 12.1. The number of hydrogen-bond donors (Lipinski definition) is 0. The largest absolute Gasteiger partial charge is 0.424 e. The van der Waals surface area contributed by atoms with E-state index in [2.05, 4.69) is 9.97 Å². The minimum atomic E-state index is -0.380. The minimum Gasteiger partial charge on any atom is -0.424 e. The Hall–Kier alpha value is -1.33. The van der Waals surface area contributed by atoms with Crippen LogP contribution in [0.15, 0.2) is 35.4 Å². The van der Waals surface area contributed by atoms with Crippen molar-refractivity contribution in [3.8, 4) is 11.8 Å². The first-order chi connectivity index (χ1) is 8.17. The van der Waals surface area contributed by atoms with Crippen LogP contribution < -0.4 is 4.74 Å². The van der Waals surface area contributed by atoms with Gasteiger partial charge in [0, 0.05) is 12.1 Å². The van der Waals surface area contributed by atoms with Gasteiger partial charge in [-0.1, -0.05) is 17.7 Å². The molecule has 88 valence electrons. The fourth-order valence-corrected chi connectivity index (χ4v) is 1.80. The quantitative estimate of drug-likeness (QED) is 0.628. The molecule has 1 aromatic heterocycles. The van der Waals surface area contributed by atoms with Crippen molar-refractivity contribution >= 4 is 23.4 Å². The maximum Gasteiger partial charge on any atom is 0.324 e. The Bertz CT molecular complexity index is 539. The van der Waals surface area contributed by atoms with E-state index in [1.165, 1.54) is 23.9 Å². The third-order valence-corrected chi connectivity index (χ3v) is 2.69. The van der Waals surface area contributed by atoms with E-state index < -0.39 is 0 Å². The van der Waals surface area contributed by atoms with Crippen molar-refractivity contribution in [2.24, 2.45) is 0 Å². The van der Waals surface area contributed by atoms with Gasteiger partial charge in [-0.3, -0.25) is 0 Å². The number of thioether (sulfide) groups is 1. The van der Waals surface area contributed by atoms with Crippen molar-refractivity contribution < 1.29 is 9.13 Å². The summed E-state index contributed by atoms with van der Waals surface area (Å²) in [5.74, 6) is -0.0473. The van der Waals surface area contributed by atoms with E-state index in [0.717, 1.165) is 0 Å². The van der Waals surface area contributed by atoms with E-state index >= 15 is 0 Å². The average molecular weight is 271 g/mol. The summed E-state index contributed by atoms with van der Waals surface area (Å²) in [5, 5.41) is 0.979. The molecular weight excluding hydrogens is 263 g/mol. The van der Waals surface area contributed by atoms with Gasteiger partial charge in [-0.05, 0) is 18.4 Å². The molecule has 0 aliphatic carbocycles. The van der Waals surface area contributed by atoms with Gasteiger partial charge in [0.15, 0.2) is 0 Å². The van der Waals surface area contributed by atoms with Gasteiger partial charge in [-0.2, -0.15) is 9.97 Å². The first-order valence-electron chi connectivity index (χ1n) is 4.69. The van der Waals surface area contributed by atoms with Gasteiger partial charge in [0.05, 0.1) is 0 Å². The minimum absolute atomic E-state index is 0.104. The molecule has 0 N–H and O–H groups in total. The zero-order valence-corrected chi connectivity index (χ0v) is 10.4. The SMILES string of the molecule is CSc1cc(Cl)nc(Oc2cccc(F)c2)n1. The second kappa shape index (κ2) is 5.33. The van der Waals surface area contributed by atoms with Crippen LogP contribution in [0.25, 0.3) is 0 Å². The Morgan fingerprint density at radius 3 is 2.82 bits per heavy atom. The normalized spacial score (nSPS) is 10.3. The summed E-state index contributed by atoms with van der Waals surface area (Å²) < 4.78 is 18.3. The monoisotopic (exact) mass is 270 g/mol. The van der Waals surface area contributed by atoms with E-state index in [9.17, 15) is 4.39 Å². The van der Waals surface area contributed by atoms with Gasteiger partial charge in [-0.15, -0.1) is 11.8 Å². The van der Waals surface area contributed by atoms with Crippen molar-refractivity contribution in [2.45, 2.75) is 5.03 Å². The highest BCUT2D eigenvalue weighted by Gasteiger charge is 2.05. The van der Waals surface area contributed by atoms with Crippen LogP contribution in [0.2, 0.25) is 5.15 Å². The Kier molecular flexibility index (Phi) is 3.81. The summed E-state index contributed by atoms with van der Waals surface area (Å²) in [5.41, 5.74) is 0. The first-order valence-corrected chi connectivity index (χ1v) is 6.29. The van der Waals surface area contributed by atoms with E-state index in [1.807, 2.05) is 6.26 Å². The zero-order chi connectivity index (χ0) is 12.3. The second-order valence-corrected chi connectivity index (χ2v) is 4.29. The molecule has 0 radical (unpaired) electrons. The summed E-state index contributed by atoms with van der Waals surface area (Å²) in [6.07, 6.45) is 1.87. The summed E-state index contributed by atoms with van der Waals surface area (Å²) >= 11 is 7.23. The Labute approximate surface area is 107 Å². The predicted molar refractivity (Wildman–Crippen MR) is 65.3 cm³/mol. The molecule has 1 heterocycles. The lowest BCUT2D eigenvalue weighted by Crippen LogP contribution is -1.93. The molecule has 0 amide bonds. The van der Waals surface area contributed by atoms with E-state index in [0.29, 0.717) is 10.8 Å². The summed E-state index contributed by atoms with van der Waals surface area (Å²) in [7, 11) is 0. The molecule has 3 nitrogen and oxygen atoms in total. The summed E-state index contributed by atoms with van der Waals surface area (Å²) in [4.78, 5) is 8.00. The number of hydrogen-bond acceptors (Lipinski definition) is 4.